The Bertz CT molecular complexity index is 612. The fourth-order valence-corrected chi connectivity index (χ4v) is 2.90. The molecule has 0 spiro atoms. The lowest BCUT2D eigenvalue weighted by Gasteiger charge is -2.20. The van der Waals surface area contributed by atoms with Crippen molar-refractivity contribution in [2.75, 3.05) is 16.9 Å². The topological polar surface area (TPSA) is 113 Å². The highest BCUT2D eigenvalue weighted by Gasteiger charge is 2.34. The average Bonchev–Trinajstić information content (AvgIpc) is 2.90. The van der Waals surface area contributed by atoms with Gasteiger partial charge in [0.25, 0.3) is 5.69 Å². The number of hydrogen-bond acceptors (Lipinski definition) is 5. The molecule has 1 aliphatic rings. The number of nitrogens with one attached hydrogen (secondary N) is 1. The summed E-state index contributed by atoms with van der Waals surface area (Å²) in [6.45, 7) is 0. The molecule has 0 bridgehead atoms. The van der Waals surface area contributed by atoms with Crippen LogP contribution in [0.2, 0.25) is 0 Å². The van der Waals surface area contributed by atoms with Gasteiger partial charge in [0.15, 0.2) is 5.82 Å². The number of aliphatic carboxylic acids is 1. The molecule has 1 aromatic rings. The third kappa shape index (κ3) is 3.21. The Kier molecular flexibility index (Phi) is 4.26. The zero-order chi connectivity index (χ0) is 15.6. The number of carbonyl (C=O) groups is 2. The Balaban J connectivity index is 2.13. The molecule has 1 atom stereocenters. The Morgan fingerprint density at radius 2 is 2.24 bits per heavy atom. The normalized spacial score (nSPS) is 17.6. The van der Waals surface area contributed by atoms with Crippen molar-refractivity contribution < 1.29 is 24.0 Å². The number of non-ortho nitro benzene ring substituents is 1. The van der Waals surface area contributed by atoms with Gasteiger partial charge < -0.3 is 15.3 Å². The first kappa shape index (κ1) is 15.0. The first-order chi connectivity index (χ1) is 9.90. The number of carbonyl (C=O) groups excluding carboxylic acids is 1. The molecule has 0 aliphatic carbocycles. The van der Waals surface area contributed by atoms with E-state index in [1.54, 1.807) is 0 Å². The van der Waals surface area contributed by atoms with E-state index in [0.717, 1.165) is 17.0 Å². The number of carboxylic acid groups (broad SMARTS) is 1. The Morgan fingerprint density at radius 1 is 1.52 bits per heavy atom. The number of urea groups is 1. The third-order valence-corrected chi connectivity index (χ3v) is 3.85. The van der Waals surface area contributed by atoms with E-state index in [-0.39, 0.29) is 17.3 Å². The van der Waals surface area contributed by atoms with Crippen LogP contribution >= 0.6 is 11.8 Å². The maximum Gasteiger partial charge on any atom is 0.327 e. The molecule has 1 aromatic carbocycles. The maximum absolute atomic E-state index is 13.7. The number of hydrogen-bond donors (Lipinski definition) is 2. The van der Waals surface area contributed by atoms with Gasteiger partial charge in [-0.1, -0.05) is 0 Å². The fraction of sp³-hybridized carbons (Fsp3) is 0.273. The van der Waals surface area contributed by atoms with E-state index in [1.807, 2.05) is 0 Å². The van der Waals surface area contributed by atoms with Gasteiger partial charge in [0, 0.05) is 11.8 Å². The van der Waals surface area contributed by atoms with Crippen molar-refractivity contribution in [3.63, 3.8) is 0 Å². The number of carboxylic acids is 1. The number of amides is 2. The van der Waals surface area contributed by atoms with Crippen molar-refractivity contribution >= 4 is 35.1 Å². The summed E-state index contributed by atoms with van der Waals surface area (Å²) in [4.78, 5) is 33.7. The van der Waals surface area contributed by atoms with Crippen molar-refractivity contribution in [1.82, 2.24) is 4.90 Å². The quantitative estimate of drug-likeness (QED) is 0.648. The van der Waals surface area contributed by atoms with Crippen LogP contribution in [0, 0.1) is 15.9 Å². The number of nitro benzene ring substituents is 1. The third-order valence-electron chi connectivity index (χ3n) is 2.83. The minimum atomic E-state index is -1.14. The molecule has 1 heterocycles. The fourth-order valence-electron chi connectivity index (χ4n) is 1.75. The molecule has 1 aliphatic heterocycles. The molecule has 2 amide bonds. The predicted molar refractivity (Wildman–Crippen MR) is 72.7 cm³/mol. The summed E-state index contributed by atoms with van der Waals surface area (Å²) in [5, 5.41) is 21.7. The lowest BCUT2D eigenvalue weighted by molar-refractivity contribution is -0.385. The lowest BCUT2D eigenvalue weighted by atomic mass is 10.2. The van der Waals surface area contributed by atoms with Gasteiger partial charge in [-0.05, 0) is 6.07 Å². The van der Waals surface area contributed by atoms with E-state index in [9.17, 15) is 24.1 Å². The van der Waals surface area contributed by atoms with Gasteiger partial charge in [0.05, 0.1) is 22.6 Å². The Morgan fingerprint density at radius 3 is 2.81 bits per heavy atom. The minimum absolute atomic E-state index is 0.178. The van der Waals surface area contributed by atoms with E-state index < -0.39 is 34.5 Å². The summed E-state index contributed by atoms with van der Waals surface area (Å²) in [5.74, 6) is -1.67. The number of nitrogens with zero attached hydrogens (tertiary/aromatic N) is 2. The Labute approximate surface area is 122 Å². The highest BCUT2D eigenvalue weighted by Crippen LogP contribution is 2.24. The number of anilines is 1. The molecule has 0 unspecified atom stereocenters. The predicted octanol–water partition coefficient (Wildman–Crippen LogP) is 1.73. The van der Waals surface area contributed by atoms with Crippen molar-refractivity contribution in [1.29, 1.82) is 0 Å². The van der Waals surface area contributed by atoms with Crippen LogP contribution in [0.5, 0.6) is 0 Å². The Hall–Kier alpha value is -2.36. The first-order valence-electron chi connectivity index (χ1n) is 5.72. The largest absolute Gasteiger partial charge is 0.480 e. The summed E-state index contributed by atoms with van der Waals surface area (Å²) < 4.78 is 13.7. The summed E-state index contributed by atoms with van der Waals surface area (Å²) in [7, 11) is 0. The van der Waals surface area contributed by atoms with Crippen LogP contribution in [-0.2, 0) is 4.79 Å². The molecule has 1 saturated heterocycles. The van der Waals surface area contributed by atoms with E-state index in [0.29, 0.717) is 6.07 Å². The summed E-state index contributed by atoms with van der Waals surface area (Å²) >= 11 is 1.27. The van der Waals surface area contributed by atoms with Crippen LogP contribution in [-0.4, -0.2) is 44.6 Å². The van der Waals surface area contributed by atoms with Crippen molar-refractivity contribution in [2.45, 2.75) is 6.04 Å². The second kappa shape index (κ2) is 5.95. The van der Waals surface area contributed by atoms with Crippen molar-refractivity contribution in [3.8, 4) is 0 Å². The molecular formula is C11H10FN3O5S. The molecule has 112 valence electrons. The molecule has 1 fully saturated rings. The maximum atomic E-state index is 13.7. The van der Waals surface area contributed by atoms with E-state index in [1.165, 1.54) is 11.8 Å². The van der Waals surface area contributed by atoms with Crippen LogP contribution in [0.4, 0.5) is 20.6 Å². The number of benzene rings is 1. The van der Waals surface area contributed by atoms with Gasteiger partial charge in [-0.15, -0.1) is 11.8 Å². The van der Waals surface area contributed by atoms with E-state index in [4.69, 9.17) is 5.11 Å². The van der Waals surface area contributed by atoms with E-state index in [2.05, 4.69) is 5.32 Å². The van der Waals surface area contributed by atoms with Crippen molar-refractivity contribution in [2.24, 2.45) is 0 Å². The van der Waals surface area contributed by atoms with Gasteiger partial charge in [-0.25, -0.2) is 14.0 Å². The molecule has 0 aromatic heterocycles. The second-order valence-electron chi connectivity index (χ2n) is 4.18. The molecule has 21 heavy (non-hydrogen) atoms. The molecule has 2 rings (SSSR count). The van der Waals surface area contributed by atoms with Crippen molar-refractivity contribution in [3.05, 3.63) is 34.1 Å². The van der Waals surface area contributed by atoms with Gasteiger partial charge in [0.2, 0.25) is 0 Å². The van der Waals surface area contributed by atoms with Gasteiger partial charge in [0.1, 0.15) is 6.04 Å². The smallest absolute Gasteiger partial charge is 0.327 e. The van der Waals surface area contributed by atoms with Crippen LogP contribution < -0.4 is 5.32 Å². The van der Waals surface area contributed by atoms with Crippen LogP contribution in [0.25, 0.3) is 0 Å². The van der Waals surface area contributed by atoms with Gasteiger partial charge >= 0.3 is 12.0 Å². The van der Waals surface area contributed by atoms with Gasteiger partial charge in [-0.2, -0.15) is 0 Å². The number of thioether (sulfide) groups is 1. The second-order valence-corrected chi connectivity index (χ2v) is 5.17. The summed E-state index contributed by atoms with van der Waals surface area (Å²) in [6.07, 6.45) is 0. The molecule has 2 N–H and O–H groups in total. The molecule has 10 heteroatoms. The van der Waals surface area contributed by atoms with Gasteiger partial charge in [-0.3, -0.25) is 10.1 Å². The molecule has 0 radical (unpaired) electrons. The molecular weight excluding hydrogens is 305 g/mol. The molecule has 8 nitrogen and oxygen atoms in total. The van der Waals surface area contributed by atoms with E-state index >= 15 is 0 Å². The first-order valence-corrected chi connectivity index (χ1v) is 6.87. The standard InChI is InChI=1S/C11H10FN3O5S/c12-7-3-6(15(19)20)1-2-8(7)13-11(18)14-5-21-4-9(14)10(16)17/h1-3,9H,4-5H2,(H,13,18)(H,16,17)/t9-/m0/s1. The SMILES string of the molecule is O=C(O)[C@@H]1CSCN1C(=O)Nc1ccc([N+](=O)[O-])cc1F. The molecule has 0 saturated carbocycles. The minimum Gasteiger partial charge on any atom is -0.480 e. The monoisotopic (exact) mass is 315 g/mol. The highest BCUT2D eigenvalue weighted by atomic mass is 32.2. The average molecular weight is 315 g/mol. The highest BCUT2D eigenvalue weighted by molar-refractivity contribution is 7.99. The van der Waals surface area contributed by atoms with Crippen LogP contribution in [0.15, 0.2) is 18.2 Å². The zero-order valence-corrected chi connectivity index (χ0v) is 11.3. The number of halogens is 1. The van der Waals surface area contributed by atoms with Crippen LogP contribution in [0.1, 0.15) is 0 Å². The lowest BCUT2D eigenvalue weighted by Crippen LogP contribution is -2.44. The zero-order valence-electron chi connectivity index (χ0n) is 10.5. The number of rotatable bonds is 3. The summed E-state index contributed by atoms with van der Waals surface area (Å²) in [6, 6.07) is 1.05. The summed E-state index contributed by atoms with van der Waals surface area (Å²) in [5.41, 5.74) is -0.683. The van der Waals surface area contributed by atoms with Crippen LogP contribution in [0.3, 0.4) is 0 Å². The number of nitro groups is 1.